The molecule has 1 unspecified atom stereocenters. The Morgan fingerprint density at radius 3 is 2.75 bits per heavy atom. The van der Waals surface area contributed by atoms with Gasteiger partial charge in [-0.05, 0) is 25.0 Å². The second-order valence-corrected chi connectivity index (χ2v) is 5.88. The van der Waals surface area contributed by atoms with Crippen molar-refractivity contribution in [2.24, 2.45) is 5.92 Å². The average Bonchev–Trinajstić information content (AvgIpc) is 2.58. The van der Waals surface area contributed by atoms with E-state index < -0.39 is 35.6 Å². The van der Waals surface area contributed by atoms with Gasteiger partial charge >= 0.3 is 11.7 Å². The Balaban J connectivity index is 1.87. The number of piperidine rings is 1. The summed E-state index contributed by atoms with van der Waals surface area (Å²) >= 11 is 0. The monoisotopic (exact) mass is 331 g/mol. The summed E-state index contributed by atoms with van der Waals surface area (Å²) in [5.74, 6) is -1.97. The second-order valence-electron chi connectivity index (χ2n) is 5.88. The molecule has 2 heterocycles. The number of para-hydroxylation sites is 1. The lowest BCUT2D eigenvalue weighted by molar-refractivity contribution is -0.145. The summed E-state index contributed by atoms with van der Waals surface area (Å²) < 4.78 is 0.856. The highest BCUT2D eigenvalue weighted by Crippen LogP contribution is 2.16. The molecule has 1 saturated heterocycles. The van der Waals surface area contributed by atoms with Crippen molar-refractivity contribution in [2.45, 2.75) is 19.4 Å². The SMILES string of the molecule is O=C(O)C1CCCN(C(=O)Cn2c(=O)[nH]c3ccccc3c2=O)C1. The lowest BCUT2D eigenvalue weighted by Crippen LogP contribution is -2.46. The Hall–Kier alpha value is -2.90. The predicted octanol–water partition coefficient (Wildman–Crippen LogP) is 0.0130. The van der Waals surface area contributed by atoms with Gasteiger partial charge in [0, 0.05) is 13.1 Å². The molecule has 0 spiro atoms. The highest BCUT2D eigenvalue weighted by Gasteiger charge is 2.28. The van der Waals surface area contributed by atoms with E-state index in [4.69, 9.17) is 5.11 Å². The first-order valence-electron chi connectivity index (χ1n) is 7.70. The number of likely N-dealkylation sites (tertiary alicyclic amines) is 1. The number of benzene rings is 1. The number of carboxylic acid groups (broad SMARTS) is 1. The van der Waals surface area contributed by atoms with Crippen LogP contribution in [0, 0.1) is 5.92 Å². The van der Waals surface area contributed by atoms with E-state index in [1.54, 1.807) is 24.3 Å². The van der Waals surface area contributed by atoms with Gasteiger partial charge in [-0.15, -0.1) is 0 Å². The van der Waals surface area contributed by atoms with Gasteiger partial charge in [0.1, 0.15) is 6.54 Å². The van der Waals surface area contributed by atoms with E-state index in [2.05, 4.69) is 4.98 Å². The van der Waals surface area contributed by atoms with Crippen LogP contribution < -0.4 is 11.2 Å². The molecule has 1 aliphatic heterocycles. The van der Waals surface area contributed by atoms with Gasteiger partial charge in [0.15, 0.2) is 0 Å². The van der Waals surface area contributed by atoms with Crippen LogP contribution in [0.1, 0.15) is 12.8 Å². The number of aromatic nitrogens is 2. The third-order valence-corrected chi connectivity index (χ3v) is 4.31. The van der Waals surface area contributed by atoms with Crippen LogP contribution >= 0.6 is 0 Å². The summed E-state index contributed by atoms with van der Waals surface area (Å²) in [6.45, 7) is 0.141. The maximum Gasteiger partial charge on any atom is 0.329 e. The molecular formula is C16H17N3O5. The third-order valence-electron chi connectivity index (χ3n) is 4.31. The quantitative estimate of drug-likeness (QED) is 0.823. The van der Waals surface area contributed by atoms with Crippen LogP contribution in [0.2, 0.25) is 0 Å². The number of carbonyl (C=O) groups excluding carboxylic acids is 1. The minimum Gasteiger partial charge on any atom is -0.481 e. The number of H-pyrrole nitrogens is 1. The molecule has 8 nitrogen and oxygen atoms in total. The molecule has 2 aromatic rings. The van der Waals surface area contributed by atoms with Crippen LogP contribution in [-0.2, 0) is 16.1 Å². The van der Waals surface area contributed by atoms with E-state index in [0.29, 0.717) is 30.3 Å². The van der Waals surface area contributed by atoms with Gasteiger partial charge in [0.2, 0.25) is 5.91 Å². The van der Waals surface area contributed by atoms with Crippen molar-refractivity contribution in [1.29, 1.82) is 0 Å². The summed E-state index contributed by atoms with van der Waals surface area (Å²) in [6.07, 6.45) is 1.11. The number of rotatable bonds is 3. The first-order chi connectivity index (χ1) is 11.5. The topological polar surface area (TPSA) is 112 Å². The first-order valence-corrected chi connectivity index (χ1v) is 7.70. The average molecular weight is 331 g/mol. The van der Waals surface area contributed by atoms with E-state index in [-0.39, 0.29) is 6.54 Å². The molecule has 3 rings (SSSR count). The minimum atomic E-state index is -0.937. The fourth-order valence-corrected chi connectivity index (χ4v) is 2.98. The fourth-order valence-electron chi connectivity index (χ4n) is 2.98. The van der Waals surface area contributed by atoms with E-state index >= 15 is 0 Å². The van der Waals surface area contributed by atoms with Gasteiger partial charge in [0.05, 0.1) is 16.8 Å². The van der Waals surface area contributed by atoms with Crippen molar-refractivity contribution in [3.8, 4) is 0 Å². The largest absolute Gasteiger partial charge is 0.481 e. The van der Waals surface area contributed by atoms with Gasteiger partial charge in [-0.3, -0.25) is 19.0 Å². The molecule has 0 bridgehead atoms. The van der Waals surface area contributed by atoms with E-state index in [1.165, 1.54) is 4.90 Å². The molecule has 1 aliphatic rings. The van der Waals surface area contributed by atoms with E-state index in [0.717, 1.165) is 4.57 Å². The maximum absolute atomic E-state index is 12.4. The first kappa shape index (κ1) is 16.0. The van der Waals surface area contributed by atoms with Crippen molar-refractivity contribution in [3.63, 3.8) is 0 Å². The molecule has 0 aliphatic carbocycles. The molecule has 24 heavy (non-hydrogen) atoms. The lowest BCUT2D eigenvalue weighted by atomic mass is 9.98. The zero-order valence-corrected chi connectivity index (χ0v) is 12.9. The number of hydrogen-bond acceptors (Lipinski definition) is 4. The summed E-state index contributed by atoms with van der Waals surface area (Å²) in [5, 5.41) is 9.41. The summed E-state index contributed by atoms with van der Waals surface area (Å²) in [5.41, 5.74) is -0.770. The summed E-state index contributed by atoms with van der Waals surface area (Å²) in [4.78, 5) is 52.0. The number of nitrogens with one attached hydrogen (secondary N) is 1. The number of amides is 1. The Labute approximate surface area is 136 Å². The zero-order chi connectivity index (χ0) is 17.3. The second kappa shape index (κ2) is 6.31. The molecule has 8 heteroatoms. The van der Waals surface area contributed by atoms with Crippen molar-refractivity contribution in [2.75, 3.05) is 13.1 Å². The minimum absolute atomic E-state index is 0.106. The van der Waals surface area contributed by atoms with Gasteiger partial charge < -0.3 is 15.0 Å². The van der Waals surface area contributed by atoms with Crippen LogP contribution in [0.4, 0.5) is 0 Å². The molecule has 1 atom stereocenters. The van der Waals surface area contributed by atoms with Crippen molar-refractivity contribution in [3.05, 3.63) is 45.1 Å². The molecule has 1 amide bonds. The molecule has 2 N–H and O–H groups in total. The van der Waals surface area contributed by atoms with Crippen LogP contribution in [0.5, 0.6) is 0 Å². The predicted molar refractivity (Wildman–Crippen MR) is 85.8 cm³/mol. The molecule has 0 radical (unpaired) electrons. The zero-order valence-electron chi connectivity index (χ0n) is 12.9. The number of aromatic amines is 1. The number of carbonyl (C=O) groups is 2. The summed E-state index contributed by atoms with van der Waals surface area (Å²) in [7, 11) is 0. The maximum atomic E-state index is 12.4. The van der Waals surface area contributed by atoms with Gasteiger partial charge in [-0.25, -0.2) is 4.79 Å². The Bertz CT molecular complexity index is 914. The number of aliphatic carboxylic acids is 1. The number of carboxylic acids is 1. The molecule has 126 valence electrons. The van der Waals surface area contributed by atoms with Gasteiger partial charge in [0.25, 0.3) is 5.56 Å². The van der Waals surface area contributed by atoms with Crippen LogP contribution in [-0.4, -0.2) is 44.5 Å². The van der Waals surface area contributed by atoms with Crippen LogP contribution in [0.3, 0.4) is 0 Å². The highest BCUT2D eigenvalue weighted by molar-refractivity contribution is 5.79. The highest BCUT2D eigenvalue weighted by atomic mass is 16.4. The standard InChI is InChI=1S/C16H17N3O5/c20-13(18-7-3-4-10(8-18)15(22)23)9-19-14(21)11-5-1-2-6-12(11)17-16(19)24/h1-2,5-6,10H,3-4,7-9H2,(H,17,24)(H,22,23). The van der Waals surface area contributed by atoms with Gasteiger partial charge in [-0.2, -0.15) is 0 Å². The molecule has 1 fully saturated rings. The van der Waals surface area contributed by atoms with Crippen molar-refractivity contribution < 1.29 is 14.7 Å². The van der Waals surface area contributed by atoms with E-state index in [1.807, 2.05) is 0 Å². The number of fused-ring (bicyclic) bond motifs is 1. The molecule has 1 aromatic heterocycles. The smallest absolute Gasteiger partial charge is 0.329 e. The Morgan fingerprint density at radius 2 is 2.00 bits per heavy atom. The normalized spacial score (nSPS) is 17.8. The Kier molecular flexibility index (Phi) is 4.20. The Morgan fingerprint density at radius 1 is 1.25 bits per heavy atom. The van der Waals surface area contributed by atoms with Crippen molar-refractivity contribution in [1.82, 2.24) is 14.5 Å². The van der Waals surface area contributed by atoms with Gasteiger partial charge in [-0.1, -0.05) is 12.1 Å². The van der Waals surface area contributed by atoms with Crippen molar-refractivity contribution >= 4 is 22.8 Å². The van der Waals surface area contributed by atoms with E-state index in [9.17, 15) is 19.2 Å². The van der Waals surface area contributed by atoms with Crippen LogP contribution in [0.15, 0.2) is 33.9 Å². The third kappa shape index (κ3) is 2.94. The van der Waals surface area contributed by atoms with Crippen LogP contribution in [0.25, 0.3) is 10.9 Å². The lowest BCUT2D eigenvalue weighted by Gasteiger charge is -2.30. The number of nitrogens with zero attached hydrogens (tertiary/aromatic N) is 2. The fraction of sp³-hybridized carbons (Fsp3) is 0.375. The molecular weight excluding hydrogens is 314 g/mol. The molecule has 1 aromatic carbocycles. The molecule has 0 saturated carbocycles. The summed E-state index contributed by atoms with van der Waals surface area (Å²) in [6, 6.07) is 6.58. The number of hydrogen-bond donors (Lipinski definition) is 2.